The fourth-order valence-electron chi connectivity index (χ4n) is 3.08. The number of sulfonamides is 1. The SMILES string of the molecule is Cc1cc(C)c(NC(=O)[C@@H](C)N(c2cc(Cl)cc(Cl)c2)S(C)(=O)=O)c(C)c1. The van der Waals surface area contributed by atoms with E-state index >= 15 is 0 Å². The molecule has 0 aliphatic carbocycles. The molecule has 2 aromatic carbocycles. The molecule has 1 atom stereocenters. The summed E-state index contributed by atoms with van der Waals surface area (Å²) in [5.41, 5.74) is 3.81. The fraction of sp³-hybridized carbons (Fsp3) is 0.316. The Morgan fingerprint density at radius 2 is 1.48 bits per heavy atom. The third kappa shape index (κ3) is 5.15. The van der Waals surface area contributed by atoms with Gasteiger partial charge in [-0.05, 0) is 57.0 Å². The van der Waals surface area contributed by atoms with Crippen LogP contribution in [0.4, 0.5) is 11.4 Å². The van der Waals surface area contributed by atoms with E-state index in [4.69, 9.17) is 23.2 Å². The van der Waals surface area contributed by atoms with Crippen molar-refractivity contribution in [1.82, 2.24) is 0 Å². The molecule has 1 N–H and O–H groups in total. The second kappa shape index (κ2) is 8.09. The van der Waals surface area contributed by atoms with E-state index in [1.54, 1.807) is 0 Å². The van der Waals surface area contributed by atoms with Gasteiger partial charge in [-0.1, -0.05) is 40.9 Å². The molecule has 0 bridgehead atoms. The molecule has 5 nitrogen and oxygen atoms in total. The number of nitrogens with one attached hydrogen (secondary N) is 1. The normalized spacial score (nSPS) is 12.6. The Morgan fingerprint density at radius 3 is 1.93 bits per heavy atom. The summed E-state index contributed by atoms with van der Waals surface area (Å²) in [7, 11) is -3.76. The zero-order valence-electron chi connectivity index (χ0n) is 15.8. The molecule has 0 fully saturated rings. The van der Waals surface area contributed by atoms with Crippen LogP contribution < -0.4 is 9.62 Å². The fourth-order valence-corrected chi connectivity index (χ4v) is 4.75. The standard InChI is InChI=1S/C19H22Cl2N2O3S/c1-11-6-12(2)18(13(3)7-11)22-19(24)14(4)23(27(5,25)26)17-9-15(20)8-16(21)10-17/h6-10,14H,1-5H3,(H,22,24)/t14-/m1/s1. The highest BCUT2D eigenvalue weighted by atomic mass is 35.5. The van der Waals surface area contributed by atoms with Gasteiger partial charge in [0.1, 0.15) is 6.04 Å². The molecule has 0 aromatic heterocycles. The maximum atomic E-state index is 12.8. The molecular weight excluding hydrogens is 407 g/mol. The first-order valence-corrected chi connectivity index (χ1v) is 10.8. The highest BCUT2D eigenvalue weighted by molar-refractivity contribution is 7.92. The van der Waals surface area contributed by atoms with Crippen molar-refractivity contribution >= 4 is 50.5 Å². The van der Waals surface area contributed by atoms with Gasteiger partial charge in [-0.25, -0.2) is 8.42 Å². The van der Waals surface area contributed by atoms with Crippen molar-refractivity contribution in [3.63, 3.8) is 0 Å². The topological polar surface area (TPSA) is 66.5 Å². The summed E-state index contributed by atoms with van der Waals surface area (Å²) in [5.74, 6) is -0.452. The Morgan fingerprint density at radius 1 is 1.00 bits per heavy atom. The lowest BCUT2D eigenvalue weighted by atomic mass is 10.0. The van der Waals surface area contributed by atoms with Gasteiger partial charge in [-0.15, -0.1) is 0 Å². The van der Waals surface area contributed by atoms with Gasteiger partial charge in [-0.2, -0.15) is 0 Å². The molecule has 0 aliphatic heterocycles. The van der Waals surface area contributed by atoms with Gasteiger partial charge in [0.15, 0.2) is 0 Å². The van der Waals surface area contributed by atoms with Crippen LogP contribution in [0.2, 0.25) is 10.0 Å². The average Bonchev–Trinajstić information content (AvgIpc) is 2.48. The zero-order valence-corrected chi connectivity index (χ0v) is 18.1. The number of benzene rings is 2. The van der Waals surface area contributed by atoms with Crippen LogP contribution in [0.3, 0.4) is 0 Å². The van der Waals surface area contributed by atoms with E-state index in [1.165, 1.54) is 25.1 Å². The number of anilines is 2. The van der Waals surface area contributed by atoms with E-state index in [1.807, 2.05) is 32.9 Å². The maximum absolute atomic E-state index is 12.8. The van der Waals surface area contributed by atoms with Crippen LogP contribution in [0.5, 0.6) is 0 Å². The third-order valence-corrected chi connectivity index (χ3v) is 5.79. The Hall–Kier alpha value is -1.76. The molecule has 0 saturated heterocycles. The molecule has 0 unspecified atom stereocenters. The second-order valence-corrected chi connectivity index (χ2v) is 9.36. The molecule has 2 aromatic rings. The quantitative estimate of drug-likeness (QED) is 0.749. The molecular formula is C19H22Cl2N2O3S. The van der Waals surface area contributed by atoms with Gasteiger partial charge in [0.2, 0.25) is 15.9 Å². The first-order valence-electron chi connectivity index (χ1n) is 8.24. The van der Waals surface area contributed by atoms with E-state index < -0.39 is 22.0 Å². The highest BCUT2D eigenvalue weighted by Crippen LogP contribution is 2.29. The maximum Gasteiger partial charge on any atom is 0.248 e. The average molecular weight is 429 g/mol. The molecule has 1 amide bonds. The predicted octanol–water partition coefficient (Wildman–Crippen LogP) is 4.71. The van der Waals surface area contributed by atoms with Crippen LogP contribution in [-0.4, -0.2) is 26.6 Å². The summed E-state index contributed by atoms with van der Waals surface area (Å²) in [6.07, 6.45) is 1.04. The zero-order chi connectivity index (χ0) is 20.5. The Bertz CT molecular complexity index is 947. The summed E-state index contributed by atoms with van der Waals surface area (Å²) in [4.78, 5) is 12.8. The van der Waals surface area contributed by atoms with E-state index in [9.17, 15) is 13.2 Å². The van der Waals surface area contributed by atoms with Crippen molar-refractivity contribution in [1.29, 1.82) is 0 Å². The van der Waals surface area contributed by atoms with Crippen molar-refractivity contribution in [2.75, 3.05) is 15.9 Å². The lowest BCUT2D eigenvalue weighted by Gasteiger charge is -2.29. The number of rotatable bonds is 5. The van der Waals surface area contributed by atoms with Gasteiger partial charge in [0, 0.05) is 15.7 Å². The molecule has 146 valence electrons. The minimum Gasteiger partial charge on any atom is -0.324 e. The van der Waals surface area contributed by atoms with Gasteiger partial charge in [0.05, 0.1) is 11.9 Å². The third-order valence-electron chi connectivity index (χ3n) is 4.12. The monoisotopic (exact) mass is 428 g/mol. The van der Waals surface area contributed by atoms with Gasteiger partial charge in [0.25, 0.3) is 0 Å². The first kappa shape index (κ1) is 21.5. The van der Waals surface area contributed by atoms with Gasteiger partial charge >= 0.3 is 0 Å². The van der Waals surface area contributed by atoms with Crippen LogP contribution >= 0.6 is 23.2 Å². The first-order chi connectivity index (χ1) is 12.4. The summed E-state index contributed by atoms with van der Waals surface area (Å²) in [6, 6.07) is 7.32. The van der Waals surface area contributed by atoms with Crippen LogP contribution in [0.25, 0.3) is 0 Å². The van der Waals surface area contributed by atoms with Crippen molar-refractivity contribution in [3.05, 3.63) is 57.1 Å². The van der Waals surface area contributed by atoms with Crippen LogP contribution in [0, 0.1) is 20.8 Å². The van der Waals surface area contributed by atoms with Gasteiger partial charge in [-0.3, -0.25) is 9.10 Å². The number of hydrogen-bond acceptors (Lipinski definition) is 3. The highest BCUT2D eigenvalue weighted by Gasteiger charge is 2.30. The van der Waals surface area contributed by atoms with E-state index in [-0.39, 0.29) is 15.7 Å². The smallest absolute Gasteiger partial charge is 0.248 e. The van der Waals surface area contributed by atoms with Crippen molar-refractivity contribution in [2.45, 2.75) is 33.7 Å². The number of hydrogen-bond donors (Lipinski definition) is 1. The number of carbonyl (C=O) groups is 1. The molecule has 0 radical (unpaired) electrons. The molecule has 0 aliphatic rings. The summed E-state index contributed by atoms with van der Waals surface area (Å²) < 4.78 is 25.8. The molecule has 0 spiro atoms. The Kier molecular flexibility index (Phi) is 6.45. The molecule has 0 heterocycles. The van der Waals surface area contributed by atoms with Crippen molar-refractivity contribution < 1.29 is 13.2 Å². The van der Waals surface area contributed by atoms with Gasteiger partial charge < -0.3 is 5.32 Å². The second-order valence-electron chi connectivity index (χ2n) is 6.63. The molecule has 27 heavy (non-hydrogen) atoms. The van der Waals surface area contributed by atoms with Crippen LogP contribution in [-0.2, 0) is 14.8 Å². The number of nitrogens with zero attached hydrogens (tertiary/aromatic N) is 1. The summed E-state index contributed by atoms with van der Waals surface area (Å²) >= 11 is 12.0. The molecule has 2 rings (SSSR count). The Labute approximate surface area is 170 Å². The minimum atomic E-state index is -3.76. The number of halogens is 2. The lowest BCUT2D eigenvalue weighted by molar-refractivity contribution is -0.116. The number of amides is 1. The van der Waals surface area contributed by atoms with Crippen LogP contribution in [0.15, 0.2) is 30.3 Å². The molecule has 0 saturated carbocycles. The lowest BCUT2D eigenvalue weighted by Crippen LogP contribution is -2.45. The summed E-state index contributed by atoms with van der Waals surface area (Å²) in [6.45, 7) is 7.28. The summed E-state index contributed by atoms with van der Waals surface area (Å²) in [5, 5.41) is 3.41. The van der Waals surface area contributed by atoms with Crippen LogP contribution in [0.1, 0.15) is 23.6 Å². The predicted molar refractivity (Wildman–Crippen MR) is 113 cm³/mol. The Balaban J connectivity index is 2.42. The van der Waals surface area contributed by atoms with Crippen molar-refractivity contribution in [2.24, 2.45) is 0 Å². The number of aryl methyl sites for hydroxylation is 3. The van der Waals surface area contributed by atoms with E-state index in [0.29, 0.717) is 5.69 Å². The minimum absolute atomic E-state index is 0.231. The van der Waals surface area contributed by atoms with E-state index in [0.717, 1.165) is 27.3 Å². The molecule has 8 heteroatoms. The number of carbonyl (C=O) groups excluding carboxylic acids is 1. The van der Waals surface area contributed by atoms with Crippen molar-refractivity contribution in [3.8, 4) is 0 Å². The largest absolute Gasteiger partial charge is 0.324 e. The van der Waals surface area contributed by atoms with E-state index in [2.05, 4.69) is 5.32 Å².